The fraction of sp³-hybridized carbons (Fsp3) is 0.435. The van der Waals surface area contributed by atoms with Gasteiger partial charge in [-0.3, -0.25) is 4.79 Å². The number of fused-ring (bicyclic) bond motifs is 1. The van der Waals surface area contributed by atoms with Gasteiger partial charge in [-0.25, -0.2) is 12.8 Å². The van der Waals surface area contributed by atoms with Crippen molar-refractivity contribution in [2.45, 2.75) is 30.2 Å². The van der Waals surface area contributed by atoms with Crippen molar-refractivity contribution >= 4 is 21.6 Å². The second-order valence-corrected chi connectivity index (χ2v) is 10.0. The SMILES string of the molecule is CN(C(=O)CNc1ccc(F)c(S(=O)(=O)N2CCOCC2)c1)C1CCCc2ccccc21. The zero-order valence-electron chi connectivity index (χ0n) is 18.1. The highest BCUT2D eigenvalue weighted by atomic mass is 32.2. The molecule has 1 amide bonds. The molecule has 2 aromatic carbocycles. The summed E-state index contributed by atoms with van der Waals surface area (Å²) in [5.41, 5.74) is 2.83. The van der Waals surface area contributed by atoms with Crippen LogP contribution in [-0.2, 0) is 26.0 Å². The lowest BCUT2D eigenvalue weighted by atomic mass is 9.87. The molecule has 0 saturated carbocycles. The molecule has 0 spiro atoms. The molecule has 4 rings (SSSR count). The molecule has 1 atom stereocenters. The van der Waals surface area contributed by atoms with Crippen LogP contribution in [0.1, 0.15) is 30.0 Å². The number of rotatable bonds is 6. The first-order valence-electron chi connectivity index (χ1n) is 10.8. The van der Waals surface area contributed by atoms with E-state index in [1.807, 2.05) is 12.1 Å². The Hall–Kier alpha value is -2.49. The van der Waals surface area contributed by atoms with Gasteiger partial charge in [0, 0.05) is 25.8 Å². The number of halogens is 1. The molecule has 0 radical (unpaired) electrons. The van der Waals surface area contributed by atoms with E-state index in [2.05, 4.69) is 17.4 Å². The van der Waals surface area contributed by atoms with E-state index in [1.54, 1.807) is 11.9 Å². The van der Waals surface area contributed by atoms with Gasteiger partial charge >= 0.3 is 0 Å². The van der Waals surface area contributed by atoms with Crippen LogP contribution in [0.2, 0.25) is 0 Å². The third-order valence-corrected chi connectivity index (χ3v) is 8.08. The third kappa shape index (κ3) is 4.65. The number of morpholine rings is 1. The number of nitrogens with one attached hydrogen (secondary N) is 1. The Morgan fingerprint density at radius 3 is 2.75 bits per heavy atom. The van der Waals surface area contributed by atoms with Gasteiger partial charge in [0.2, 0.25) is 15.9 Å². The maximum atomic E-state index is 14.4. The molecule has 0 aromatic heterocycles. The Balaban J connectivity index is 1.45. The first-order valence-corrected chi connectivity index (χ1v) is 12.3. The van der Waals surface area contributed by atoms with Crippen molar-refractivity contribution in [3.05, 3.63) is 59.4 Å². The van der Waals surface area contributed by atoms with Crippen LogP contribution < -0.4 is 5.32 Å². The molecule has 1 unspecified atom stereocenters. The molecule has 1 aliphatic heterocycles. The Labute approximate surface area is 188 Å². The van der Waals surface area contributed by atoms with E-state index in [0.29, 0.717) is 5.69 Å². The third-order valence-electron chi connectivity index (χ3n) is 6.16. The van der Waals surface area contributed by atoms with Gasteiger partial charge in [0.15, 0.2) is 0 Å². The quantitative estimate of drug-likeness (QED) is 0.716. The normalized spacial score (nSPS) is 19.2. The van der Waals surface area contributed by atoms with Crippen LogP contribution >= 0.6 is 0 Å². The van der Waals surface area contributed by atoms with Crippen LogP contribution in [0.15, 0.2) is 47.4 Å². The standard InChI is InChI=1S/C23H28FN3O4S/c1-26(21-8-4-6-17-5-2-3-7-19(17)21)23(28)16-25-18-9-10-20(24)22(15-18)32(29,30)27-11-13-31-14-12-27/h2-3,5,7,9-10,15,21,25H,4,6,8,11-14,16H2,1H3. The minimum absolute atomic E-state index is 0.0136. The van der Waals surface area contributed by atoms with Crippen LogP contribution in [-0.4, -0.2) is 63.4 Å². The first-order chi connectivity index (χ1) is 15.4. The van der Waals surface area contributed by atoms with Crippen LogP contribution in [0, 0.1) is 5.82 Å². The van der Waals surface area contributed by atoms with Gasteiger partial charge in [-0.05, 0) is 48.6 Å². The van der Waals surface area contributed by atoms with E-state index >= 15 is 0 Å². The molecule has 32 heavy (non-hydrogen) atoms. The van der Waals surface area contributed by atoms with Crippen molar-refractivity contribution in [2.75, 3.05) is 45.2 Å². The maximum Gasteiger partial charge on any atom is 0.246 e. The molecule has 1 fully saturated rings. The summed E-state index contributed by atoms with van der Waals surface area (Å²) in [5, 5.41) is 2.97. The number of likely N-dealkylation sites (N-methyl/N-ethyl adjacent to an activating group) is 1. The Bertz CT molecular complexity index is 1090. The number of benzene rings is 2. The Morgan fingerprint density at radius 2 is 1.97 bits per heavy atom. The second-order valence-electron chi connectivity index (χ2n) is 8.13. The van der Waals surface area contributed by atoms with E-state index < -0.39 is 20.7 Å². The number of amides is 1. The number of nitrogens with zero attached hydrogens (tertiary/aromatic N) is 2. The van der Waals surface area contributed by atoms with Gasteiger partial charge in [-0.15, -0.1) is 0 Å². The first kappa shape index (κ1) is 22.7. The Morgan fingerprint density at radius 1 is 1.22 bits per heavy atom. The molecular formula is C23H28FN3O4S. The highest BCUT2D eigenvalue weighted by Gasteiger charge is 2.30. The van der Waals surface area contributed by atoms with Crippen LogP contribution in [0.3, 0.4) is 0 Å². The smallest absolute Gasteiger partial charge is 0.246 e. The molecule has 1 saturated heterocycles. The van der Waals surface area contributed by atoms with E-state index in [-0.39, 0.29) is 44.8 Å². The molecule has 172 valence electrons. The van der Waals surface area contributed by atoms with Crippen LogP contribution in [0.5, 0.6) is 0 Å². The number of aryl methyl sites for hydroxylation is 1. The predicted molar refractivity (Wildman–Crippen MR) is 119 cm³/mol. The molecule has 2 aliphatic rings. The average molecular weight is 462 g/mol. The molecule has 7 nitrogen and oxygen atoms in total. The zero-order valence-corrected chi connectivity index (χ0v) is 18.9. The van der Waals surface area contributed by atoms with E-state index in [9.17, 15) is 17.6 Å². The van der Waals surface area contributed by atoms with Crippen molar-refractivity contribution < 1.29 is 22.3 Å². The van der Waals surface area contributed by atoms with Crippen LogP contribution in [0.4, 0.5) is 10.1 Å². The van der Waals surface area contributed by atoms with Crippen molar-refractivity contribution in [3.8, 4) is 0 Å². The highest BCUT2D eigenvalue weighted by molar-refractivity contribution is 7.89. The van der Waals surface area contributed by atoms with Gasteiger partial charge in [-0.2, -0.15) is 4.31 Å². The fourth-order valence-electron chi connectivity index (χ4n) is 4.34. The second kappa shape index (κ2) is 9.56. The molecular weight excluding hydrogens is 433 g/mol. The fourth-order valence-corrected chi connectivity index (χ4v) is 5.84. The molecule has 2 aromatic rings. The lowest BCUT2D eigenvalue weighted by Crippen LogP contribution is -2.41. The lowest BCUT2D eigenvalue weighted by Gasteiger charge is -2.33. The van der Waals surface area contributed by atoms with Crippen molar-refractivity contribution in [1.82, 2.24) is 9.21 Å². The van der Waals surface area contributed by atoms with Crippen molar-refractivity contribution in [3.63, 3.8) is 0 Å². The number of hydrogen-bond donors (Lipinski definition) is 1. The van der Waals surface area contributed by atoms with Gasteiger partial charge < -0.3 is 15.0 Å². The number of sulfonamides is 1. The van der Waals surface area contributed by atoms with E-state index in [1.165, 1.54) is 27.6 Å². The topological polar surface area (TPSA) is 79.0 Å². The molecule has 1 heterocycles. The monoisotopic (exact) mass is 461 g/mol. The minimum Gasteiger partial charge on any atom is -0.379 e. The summed E-state index contributed by atoms with van der Waals surface area (Å²) in [6.45, 7) is 0.919. The number of hydrogen-bond acceptors (Lipinski definition) is 5. The summed E-state index contributed by atoms with van der Waals surface area (Å²) in [6.07, 6.45) is 2.94. The van der Waals surface area contributed by atoms with E-state index in [4.69, 9.17) is 4.74 Å². The zero-order chi connectivity index (χ0) is 22.7. The number of carbonyl (C=O) groups excluding carboxylic acids is 1. The molecule has 0 bridgehead atoms. The molecule has 1 N–H and O–H groups in total. The molecule has 1 aliphatic carbocycles. The Kier molecular flexibility index (Phi) is 6.78. The summed E-state index contributed by atoms with van der Waals surface area (Å²) >= 11 is 0. The maximum absolute atomic E-state index is 14.4. The predicted octanol–water partition coefficient (Wildman–Crippen LogP) is 2.79. The number of carbonyl (C=O) groups is 1. The molecule has 9 heteroatoms. The van der Waals surface area contributed by atoms with Gasteiger partial charge in [-0.1, -0.05) is 24.3 Å². The summed E-state index contributed by atoms with van der Waals surface area (Å²) < 4.78 is 46.5. The number of ether oxygens (including phenoxy) is 1. The van der Waals surface area contributed by atoms with Crippen molar-refractivity contribution in [1.29, 1.82) is 0 Å². The van der Waals surface area contributed by atoms with Crippen molar-refractivity contribution in [2.24, 2.45) is 0 Å². The van der Waals surface area contributed by atoms with Gasteiger partial charge in [0.05, 0.1) is 25.8 Å². The summed E-state index contributed by atoms with van der Waals surface area (Å²) in [5.74, 6) is -0.932. The largest absolute Gasteiger partial charge is 0.379 e. The number of anilines is 1. The van der Waals surface area contributed by atoms with Gasteiger partial charge in [0.1, 0.15) is 10.7 Å². The average Bonchev–Trinajstić information content (AvgIpc) is 2.83. The lowest BCUT2D eigenvalue weighted by molar-refractivity contribution is -0.130. The highest BCUT2D eigenvalue weighted by Crippen LogP contribution is 2.33. The summed E-state index contributed by atoms with van der Waals surface area (Å²) in [4.78, 5) is 14.2. The van der Waals surface area contributed by atoms with E-state index in [0.717, 1.165) is 25.3 Å². The van der Waals surface area contributed by atoms with Gasteiger partial charge in [0.25, 0.3) is 0 Å². The van der Waals surface area contributed by atoms with Crippen LogP contribution in [0.25, 0.3) is 0 Å². The minimum atomic E-state index is -3.98. The summed E-state index contributed by atoms with van der Waals surface area (Å²) in [7, 11) is -2.19. The summed E-state index contributed by atoms with van der Waals surface area (Å²) in [6, 6.07) is 12.0.